The first-order valence-corrected chi connectivity index (χ1v) is 8.42. The highest BCUT2D eigenvalue weighted by atomic mass is 79.9. The maximum atomic E-state index is 11.5. The average molecular weight is 369 g/mol. The molecule has 122 valence electrons. The minimum Gasteiger partial charge on any atom is -0.494 e. The summed E-state index contributed by atoms with van der Waals surface area (Å²) in [6.07, 6.45) is 0. The molecule has 22 heavy (non-hydrogen) atoms. The van der Waals surface area contributed by atoms with Crippen LogP contribution in [0, 0.1) is 0 Å². The van der Waals surface area contributed by atoms with Gasteiger partial charge < -0.3 is 14.5 Å². The summed E-state index contributed by atoms with van der Waals surface area (Å²) in [5.41, 5.74) is 2.30. The van der Waals surface area contributed by atoms with E-state index >= 15 is 0 Å². The summed E-state index contributed by atoms with van der Waals surface area (Å²) >= 11 is 3.62. The van der Waals surface area contributed by atoms with Crippen molar-refractivity contribution in [2.24, 2.45) is 0 Å². The van der Waals surface area contributed by atoms with Crippen LogP contribution < -0.4 is 9.64 Å². The van der Waals surface area contributed by atoms with Gasteiger partial charge in [-0.05, 0) is 17.5 Å². The number of anilines is 1. The number of benzene rings is 1. The number of nitrogens with zero attached hydrogens (tertiary/aromatic N) is 2. The zero-order chi connectivity index (χ0) is 16.5. The fourth-order valence-corrected chi connectivity index (χ4v) is 3.29. The summed E-state index contributed by atoms with van der Waals surface area (Å²) in [6.45, 7) is 11.4. The Kier molecular flexibility index (Phi) is 5.05. The number of ether oxygens (including phenoxy) is 1. The summed E-state index contributed by atoms with van der Waals surface area (Å²) in [4.78, 5) is 15.7. The predicted octanol–water partition coefficient (Wildman–Crippen LogP) is 3.42. The molecule has 0 atom stereocenters. The molecule has 0 aromatic heterocycles. The molecular formula is C17H25BrN2O2. The summed E-state index contributed by atoms with van der Waals surface area (Å²) < 4.78 is 6.80. The molecule has 2 rings (SSSR count). The molecule has 1 aromatic carbocycles. The second-order valence-electron chi connectivity index (χ2n) is 6.75. The molecule has 0 bridgehead atoms. The lowest BCUT2D eigenvalue weighted by molar-refractivity contribution is -0.129. The van der Waals surface area contributed by atoms with Crippen LogP contribution in [0.25, 0.3) is 0 Å². The van der Waals surface area contributed by atoms with Crippen molar-refractivity contribution in [2.75, 3.05) is 38.2 Å². The van der Waals surface area contributed by atoms with Gasteiger partial charge in [-0.2, -0.15) is 0 Å². The first-order valence-electron chi connectivity index (χ1n) is 7.62. The monoisotopic (exact) mass is 368 g/mol. The van der Waals surface area contributed by atoms with E-state index in [1.54, 1.807) is 14.0 Å². The van der Waals surface area contributed by atoms with Crippen molar-refractivity contribution in [3.05, 3.63) is 22.2 Å². The summed E-state index contributed by atoms with van der Waals surface area (Å²) in [5.74, 6) is 1.09. The number of hydrogen-bond acceptors (Lipinski definition) is 3. The summed E-state index contributed by atoms with van der Waals surface area (Å²) in [7, 11) is 1.73. The Morgan fingerprint density at radius 1 is 1.18 bits per heavy atom. The van der Waals surface area contributed by atoms with E-state index in [0.717, 1.165) is 42.1 Å². The number of carbonyl (C=O) groups excluding carboxylic acids is 1. The Bertz CT molecular complexity index is 559. The molecule has 1 aromatic rings. The molecule has 1 heterocycles. The molecule has 1 aliphatic rings. The SMILES string of the molecule is COc1c(N2CCN(C(C)=O)CC2)cc(Br)cc1C(C)(C)C. The van der Waals surface area contributed by atoms with Crippen LogP contribution in [0.4, 0.5) is 5.69 Å². The Morgan fingerprint density at radius 2 is 1.77 bits per heavy atom. The molecule has 0 N–H and O–H groups in total. The van der Waals surface area contributed by atoms with E-state index in [4.69, 9.17) is 4.74 Å². The molecule has 1 amide bonds. The lowest BCUT2D eigenvalue weighted by Gasteiger charge is -2.37. The van der Waals surface area contributed by atoms with Crippen molar-refractivity contribution in [1.29, 1.82) is 0 Å². The fourth-order valence-electron chi connectivity index (χ4n) is 2.85. The zero-order valence-corrected chi connectivity index (χ0v) is 15.7. The number of rotatable bonds is 2. The van der Waals surface area contributed by atoms with E-state index in [9.17, 15) is 4.79 Å². The van der Waals surface area contributed by atoms with Gasteiger partial charge >= 0.3 is 0 Å². The van der Waals surface area contributed by atoms with E-state index in [-0.39, 0.29) is 11.3 Å². The van der Waals surface area contributed by atoms with E-state index in [0.29, 0.717) is 0 Å². The molecule has 5 heteroatoms. The van der Waals surface area contributed by atoms with Crippen LogP contribution in [0.3, 0.4) is 0 Å². The van der Waals surface area contributed by atoms with Crippen molar-refractivity contribution in [3.8, 4) is 5.75 Å². The van der Waals surface area contributed by atoms with Gasteiger partial charge in [-0.3, -0.25) is 4.79 Å². The van der Waals surface area contributed by atoms with Crippen LogP contribution >= 0.6 is 15.9 Å². The molecule has 0 saturated carbocycles. The van der Waals surface area contributed by atoms with Gasteiger partial charge in [0.1, 0.15) is 5.75 Å². The highest BCUT2D eigenvalue weighted by Crippen LogP contribution is 2.41. The molecule has 4 nitrogen and oxygen atoms in total. The van der Waals surface area contributed by atoms with Crippen LogP contribution in [-0.2, 0) is 10.2 Å². The predicted molar refractivity (Wildman–Crippen MR) is 93.9 cm³/mol. The Hall–Kier alpha value is -1.23. The first kappa shape index (κ1) is 17.1. The summed E-state index contributed by atoms with van der Waals surface area (Å²) in [5, 5.41) is 0. The number of carbonyl (C=O) groups is 1. The number of piperazine rings is 1. The van der Waals surface area contributed by atoms with Crippen molar-refractivity contribution in [3.63, 3.8) is 0 Å². The minimum atomic E-state index is 0.00504. The van der Waals surface area contributed by atoms with Crippen LogP contribution in [0.2, 0.25) is 0 Å². The highest BCUT2D eigenvalue weighted by molar-refractivity contribution is 9.10. The van der Waals surface area contributed by atoms with E-state index in [2.05, 4.69) is 53.7 Å². The van der Waals surface area contributed by atoms with E-state index in [1.165, 1.54) is 5.56 Å². The largest absolute Gasteiger partial charge is 0.494 e. The normalized spacial score (nSPS) is 15.9. The summed E-state index contributed by atoms with van der Waals surface area (Å²) in [6, 6.07) is 4.24. The molecule has 1 aliphatic heterocycles. The average Bonchev–Trinajstić information content (AvgIpc) is 2.45. The maximum absolute atomic E-state index is 11.5. The third kappa shape index (κ3) is 3.57. The third-order valence-electron chi connectivity index (χ3n) is 4.11. The Labute approximate surface area is 141 Å². The lowest BCUT2D eigenvalue weighted by atomic mass is 9.86. The van der Waals surface area contributed by atoms with Crippen molar-refractivity contribution in [2.45, 2.75) is 33.1 Å². The lowest BCUT2D eigenvalue weighted by Crippen LogP contribution is -2.48. The van der Waals surface area contributed by atoms with Crippen LogP contribution in [0.15, 0.2) is 16.6 Å². The number of methoxy groups -OCH3 is 1. The van der Waals surface area contributed by atoms with Gasteiger partial charge in [0, 0.05) is 43.1 Å². The first-order chi connectivity index (χ1) is 10.2. The van der Waals surface area contributed by atoms with Gasteiger partial charge in [0.25, 0.3) is 0 Å². The molecule has 0 radical (unpaired) electrons. The van der Waals surface area contributed by atoms with E-state index in [1.807, 2.05) is 4.90 Å². The van der Waals surface area contributed by atoms with Gasteiger partial charge in [0.15, 0.2) is 0 Å². The molecule has 0 spiro atoms. The van der Waals surface area contributed by atoms with Gasteiger partial charge in [-0.15, -0.1) is 0 Å². The topological polar surface area (TPSA) is 32.8 Å². The molecule has 0 unspecified atom stereocenters. The number of amides is 1. The maximum Gasteiger partial charge on any atom is 0.219 e. The smallest absolute Gasteiger partial charge is 0.219 e. The van der Waals surface area contributed by atoms with Crippen LogP contribution in [0.5, 0.6) is 5.75 Å². The third-order valence-corrected chi connectivity index (χ3v) is 4.57. The van der Waals surface area contributed by atoms with Crippen molar-refractivity contribution < 1.29 is 9.53 Å². The van der Waals surface area contributed by atoms with Crippen LogP contribution in [0.1, 0.15) is 33.3 Å². The highest BCUT2D eigenvalue weighted by Gasteiger charge is 2.26. The van der Waals surface area contributed by atoms with Gasteiger partial charge in [-0.25, -0.2) is 0 Å². The quantitative estimate of drug-likeness (QED) is 0.801. The molecule has 1 fully saturated rings. The number of halogens is 1. The Balaban J connectivity index is 2.35. The molecule has 1 saturated heterocycles. The van der Waals surface area contributed by atoms with Gasteiger partial charge in [-0.1, -0.05) is 36.7 Å². The van der Waals surface area contributed by atoms with Crippen LogP contribution in [-0.4, -0.2) is 44.1 Å². The molecule has 0 aliphatic carbocycles. The van der Waals surface area contributed by atoms with Crippen molar-refractivity contribution >= 4 is 27.5 Å². The number of hydrogen-bond donors (Lipinski definition) is 0. The van der Waals surface area contributed by atoms with Crippen molar-refractivity contribution in [1.82, 2.24) is 4.90 Å². The zero-order valence-electron chi connectivity index (χ0n) is 14.1. The standard InChI is InChI=1S/C17H25BrN2O2/c1-12(21)19-6-8-20(9-7-19)15-11-13(18)10-14(16(15)22-5)17(2,3)4/h10-11H,6-9H2,1-5H3. The second kappa shape index (κ2) is 6.49. The van der Waals surface area contributed by atoms with Gasteiger partial charge in [0.05, 0.1) is 12.8 Å². The van der Waals surface area contributed by atoms with Gasteiger partial charge in [0.2, 0.25) is 5.91 Å². The fraction of sp³-hybridized carbons (Fsp3) is 0.588. The second-order valence-corrected chi connectivity index (χ2v) is 7.66. The Morgan fingerprint density at radius 3 is 2.23 bits per heavy atom. The minimum absolute atomic E-state index is 0.00504. The van der Waals surface area contributed by atoms with E-state index < -0.39 is 0 Å². The molecular weight excluding hydrogens is 344 g/mol.